The largest absolute Gasteiger partial charge is 0.480 e. The first-order chi connectivity index (χ1) is 13.8. The summed E-state index contributed by atoms with van der Waals surface area (Å²) in [5.41, 5.74) is 16.2. The molecule has 168 valence electrons. The molecule has 0 radical (unpaired) electrons. The minimum absolute atomic E-state index is 0.215. The highest BCUT2D eigenvalue weighted by molar-refractivity contribution is 5.93. The molecule has 0 fully saturated rings. The number of carbonyl (C=O) groups excluding carboxylic acids is 3. The van der Waals surface area contributed by atoms with Gasteiger partial charge >= 0.3 is 5.97 Å². The van der Waals surface area contributed by atoms with Crippen LogP contribution in [0.1, 0.15) is 38.5 Å². The Morgan fingerprint density at radius 1 is 0.724 bits per heavy atom. The predicted octanol–water partition coefficient (Wildman–Crippen LogP) is -3.27. The molecular weight excluding hydrogens is 384 g/mol. The molecular formula is C17H34N6O6. The van der Waals surface area contributed by atoms with Crippen molar-refractivity contribution in [2.75, 3.05) is 26.2 Å². The van der Waals surface area contributed by atoms with E-state index >= 15 is 0 Å². The van der Waals surface area contributed by atoms with Gasteiger partial charge in [-0.15, -0.1) is 0 Å². The van der Waals surface area contributed by atoms with Crippen molar-refractivity contribution < 1.29 is 29.4 Å². The van der Waals surface area contributed by atoms with Gasteiger partial charge in [0.1, 0.15) is 18.1 Å². The molecule has 3 unspecified atom stereocenters. The molecule has 0 aromatic rings. The molecule has 11 N–H and O–H groups in total. The van der Waals surface area contributed by atoms with Crippen LogP contribution in [-0.2, 0) is 19.2 Å². The van der Waals surface area contributed by atoms with Crippen LogP contribution in [0, 0.1) is 0 Å². The Kier molecular flexibility index (Phi) is 14.4. The third-order valence-electron chi connectivity index (χ3n) is 4.16. The van der Waals surface area contributed by atoms with Crippen LogP contribution >= 0.6 is 0 Å². The summed E-state index contributed by atoms with van der Waals surface area (Å²) < 4.78 is 0. The topological polar surface area (TPSA) is 223 Å². The molecule has 0 aliphatic heterocycles. The molecule has 3 amide bonds. The number of rotatable bonds is 16. The lowest BCUT2D eigenvalue weighted by atomic mass is 10.0. The Labute approximate surface area is 169 Å². The highest BCUT2D eigenvalue weighted by Crippen LogP contribution is 2.06. The smallest absolute Gasteiger partial charge is 0.328 e. The van der Waals surface area contributed by atoms with E-state index in [1.807, 2.05) is 0 Å². The van der Waals surface area contributed by atoms with E-state index in [0.717, 1.165) is 0 Å². The summed E-state index contributed by atoms with van der Waals surface area (Å²) in [6, 6.07) is -3.45. The molecule has 0 saturated heterocycles. The van der Waals surface area contributed by atoms with Crippen LogP contribution in [0.25, 0.3) is 0 Å². The second-order valence-corrected chi connectivity index (χ2v) is 6.54. The normalized spacial score (nSPS) is 13.8. The van der Waals surface area contributed by atoms with Crippen molar-refractivity contribution in [2.45, 2.75) is 56.7 Å². The van der Waals surface area contributed by atoms with Crippen LogP contribution in [0.4, 0.5) is 0 Å². The van der Waals surface area contributed by atoms with Gasteiger partial charge in [-0.3, -0.25) is 14.4 Å². The average molecular weight is 418 g/mol. The first-order valence-corrected chi connectivity index (χ1v) is 9.64. The number of hydrogen-bond donors (Lipinski definition) is 8. The van der Waals surface area contributed by atoms with Gasteiger partial charge in [-0.2, -0.15) is 0 Å². The molecule has 0 aliphatic rings. The number of carboxylic acid groups (broad SMARTS) is 1. The van der Waals surface area contributed by atoms with E-state index in [2.05, 4.69) is 16.0 Å². The standard InChI is InChI=1S/C17H34N6O6/c18-7-3-1-5-11(21-14(25)9-20)15(26)22-12(6-2-4-8-19)16(27)23-13(10-24)17(28)29/h11-13,24H,1-10,18-20H2,(H,21,25)(H,22,26)(H,23,27)(H,28,29). The summed E-state index contributed by atoms with van der Waals surface area (Å²) in [6.45, 7) is -0.261. The number of aliphatic carboxylic acids is 1. The first-order valence-electron chi connectivity index (χ1n) is 9.64. The molecule has 12 heteroatoms. The number of unbranched alkanes of at least 4 members (excludes halogenated alkanes) is 2. The van der Waals surface area contributed by atoms with E-state index in [4.69, 9.17) is 27.4 Å². The molecule has 0 aromatic heterocycles. The number of nitrogens with one attached hydrogen (secondary N) is 3. The Hall–Kier alpha value is -2.28. The van der Waals surface area contributed by atoms with Crippen LogP contribution in [0.3, 0.4) is 0 Å². The van der Waals surface area contributed by atoms with Gasteiger partial charge in [0.05, 0.1) is 13.2 Å². The minimum Gasteiger partial charge on any atom is -0.480 e. The fourth-order valence-corrected chi connectivity index (χ4v) is 2.51. The van der Waals surface area contributed by atoms with Gasteiger partial charge < -0.3 is 43.4 Å². The van der Waals surface area contributed by atoms with Gasteiger partial charge in [0.15, 0.2) is 0 Å². The summed E-state index contributed by atoms with van der Waals surface area (Å²) in [5.74, 6) is -3.26. The molecule has 29 heavy (non-hydrogen) atoms. The first kappa shape index (κ1) is 26.7. The summed E-state index contributed by atoms with van der Waals surface area (Å²) in [4.78, 5) is 47.8. The van der Waals surface area contributed by atoms with Gasteiger partial charge in [0, 0.05) is 0 Å². The Morgan fingerprint density at radius 2 is 1.17 bits per heavy atom. The summed E-state index contributed by atoms with van der Waals surface area (Å²) in [6.07, 6.45) is 2.87. The van der Waals surface area contributed by atoms with Crippen molar-refractivity contribution in [1.29, 1.82) is 0 Å². The van der Waals surface area contributed by atoms with E-state index in [9.17, 15) is 19.2 Å². The van der Waals surface area contributed by atoms with Crippen LogP contribution < -0.4 is 33.2 Å². The second-order valence-electron chi connectivity index (χ2n) is 6.54. The lowest BCUT2D eigenvalue weighted by molar-refractivity contribution is -0.143. The molecule has 0 aliphatic carbocycles. The van der Waals surface area contributed by atoms with E-state index in [1.165, 1.54) is 0 Å². The van der Waals surface area contributed by atoms with Gasteiger partial charge in [-0.25, -0.2) is 4.79 Å². The number of aliphatic hydroxyl groups is 1. The van der Waals surface area contributed by atoms with Crippen molar-refractivity contribution in [3.8, 4) is 0 Å². The maximum atomic E-state index is 12.7. The molecule has 0 bridgehead atoms. The number of carboxylic acids is 1. The predicted molar refractivity (Wildman–Crippen MR) is 105 cm³/mol. The van der Waals surface area contributed by atoms with Crippen molar-refractivity contribution in [3.05, 3.63) is 0 Å². The molecule has 3 atom stereocenters. The summed E-state index contributed by atoms with van der Waals surface area (Å²) >= 11 is 0. The lowest BCUT2D eigenvalue weighted by Gasteiger charge is -2.24. The summed E-state index contributed by atoms with van der Waals surface area (Å²) in [5, 5.41) is 25.3. The third-order valence-corrected chi connectivity index (χ3v) is 4.16. The molecule has 0 spiro atoms. The monoisotopic (exact) mass is 418 g/mol. The fourth-order valence-electron chi connectivity index (χ4n) is 2.51. The van der Waals surface area contributed by atoms with Crippen molar-refractivity contribution in [2.24, 2.45) is 17.2 Å². The van der Waals surface area contributed by atoms with Gasteiger partial charge in [-0.1, -0.05) is 0 Å². The van der Waals surface area contributed by atoms with Crippen molar-refractivity contribution >= 4 is 23.7 Å². The van der Waals surface area contributed by atoms with Gasteiger partial charge in [0.2, 0.25) is 17.7 Å². The molecule has 0 saturated carbocycles. The number of carbonyl (C=O) groups is 4. The van der Waals surface area contributed by atoms with Crippen LogP contribution in [-0.4, -0.2) is 78.3 Å². The van der Waals surface area contributed by atoms with E-state index < -0.39 is 48.4 Å². The maximum absolute atomic E-state index is 12.7. The van der Waals surface area contributed by atoms with Crippen LogP contribution in [0.2, 0.25) is 0 Å². The van der Waals surface area contributed by atoms with E-state index in [0.29, 0.717) is 45.2 Å². The average Bonchev–Trinajstić information content (AvgIpc) is 2.69. The zero-order chi connectivity index (χ0) is 22.2. The third kappa shape index (κ3) is 11.3. The van der Waals surface area contributed by atoms with E-state index in [-0.39, 0.29) is 13.0 Å². The zero-order valence-corrected chi connectivity index (χ0v) is 16.6. The lowest BCUT2D eigenvalue weighted by Crippen LogP contribution is -2.56. The van der Waals surface area contributed by atoms with Crippen LogP contribution in [0.5, 0.6) is 0 Å². The highest BCUT2D eigenvalue weighted by atomic mass is 16.4. The number of hydrogen-bond acceptors (Lipinski definition) is 8. The van der Waals surface area contributed by atoms with Crippen LogP contribution in [0.15, 0.2) is 0 Å². The fraction of sp³-hybridized carbons (Fsp3) is 0.765. The molecule has 0 aromatic carbocycles. The van der Waals surface area contributed by atoms with Crippen molar-refractivity contribution in [1.82, 2.24) is 16.0 Å². The summed E-state index contributed by atoms with van der Waals surface area (Å²) in [7, 11) is 0. The molecule has 0 rings (SSSR count). The molecule has 12 nitrogen and oxygen atoms in total. The Bertz CT molecular complexity index is 533. The Balaban J connectivity index is 5.20. The number of aliphatic hydroxyl groups excluding tert-OH is 1. The Morgan fingerprint density at radius 3 is 1.55 bits per heavy atom. The number of amides is 3. The van der Waals surface area contributed by atoms with Gasteiger partial charge in [0.25, 0.3) is 0 Å². The number of nitrogens with two attached hydrogens (primary N) is 3. The second kappa shape index (κ2) is 15.6. The highest BCUT2D eigenvalue weighted by Gasteiger charge is 2.28. The quantitative estimate of drug-likeness (QED) is 0.118. The van der Waals surface area contributed by atoms with E-state index in [1.54, 1.807) is 0 Å². The molecule has 0 heterocycles. The SMILES string of the molecule is NCCCCC(NC(=O)CN)C(=O)NC(CCCCN)C(=O)NC(CO)C(=O)O. The van der Waals surface area contributed by atoms with Gasteiger partial charge in [-0.05, 0) is 51.6 Å². The minimum atomic E-state index is -1.49. The maximum Gasteiger partial charge on any atom is 0.328 e. The van der Waals surface area contributed by atoms with Crippen molar-refractivity contribution in [3.63, 3.8) is 0 Å². The zero-order valence-electron chi connectivity index (χ0n) is 16.6.